The number of carbonyl (C=O) groups excluding carboxylic acids is 1. The fourth-order valence-electron chi connectivity index (χ4n) is 2.81. The summed E-state index contributed by atoms with van der Waals surface area (Å²) < 4.78 is 57.7. The van der Waals surface area contributed by atoms with E-state index < -0.39 is 38.2 Å². The summed E-state index contributed by atoms with van der Waals surface area (Å²) in [4.78, 5) is 15.9. The Morgan fingerprint density at radius 3 is 2.40 bits per heavy atom. The van der Waals surface area contributed by atoms with E-state index in [1.54, 1.807) is 6.26 Å². The Bertz CT molecular complexity index is 1170. The molecule has 0 radical (unpaired) electrons. The van der Waals surface area contributed by atoms with Gasteiger partial charge in [-0.15, -0.1) is 0 Å². The topological polar surface area (TPSA) is 76.1 Å². The summed E-state index contributed by atoms with van der Waals surface area (Å²) in [6, 6.07) is 10.6. The lowest BCUT2D eigenvalue weighted by atomic mass is 10.1. The van der Waals surface area contributed by atoms with Gasteiger partial charge in [-0.1, -0.05) is 23.5 Å². The van der Waals surface area contributed by atoms with Gasteiger partial charge in [-0.3, -0.25) is 14.5 Å². The van der Waals surface area contributed by atoms with Crippen molar-refractivity contribution in [2.45, 2.75) is 10.1 Å². The molecule has 1 N–H and O–H groups in total. The summed E-state index contributed by atoms with van der Waals surface area (Å²) in [5, 5.41) is -1.31. The van der Waals surface area contributed by atoms with E-state index >= 15 is 0 Å². The second kappa shape index (κ2) is 9.11. The van der Waals surface area contributed by atoms with Crippen LogP contribution in [0.25, 0.3) is 0 Å². The molecule has 0 spiro atoms. The van der Waals surface area contributed by atoms with Crippen LogP contribution in [0.15, 0.2) is 65.7 Å². The molecular formula is C20H15ClF2N2O3S2. The van der Waals surface area contributed by atoms with E-state index in [0.717, 1.165) is 30.1 Å². The molecule has 1 heterocycles. The summed E-state index contributed by atoms with van der Waals surface area (Å²) in [6.45, 7) is 0. The molecule has 3 rings (SSSR count). The van der Waals surface area contributed by atoms with Crippen molar-refractivity contribution in [3.05, 3.63) is 94.3 Å². The molecule has 1 amide bonds. The molecule has 0 aliphatic heterocycles. The van der Waals surface area contributed by atoms with Gasteiger partial charge in [0.25, 0.3) is 5.91 Å². The molecule has 30 heavy (non-hydrogen) atoms. The fraction of sp³-hybridized carbons (Fsp3) is 0.100. The van der Waals surface area contributed by atoms with Crippen LogP contribution in [0.1, 0.15) is 26.9 Å². The number of carbonyl (C=O) groups is 1. The molecule has 0 bridgehead atoms. The Labute approximate surface area is 181 Å². The third-order valence-corrected chi connectivity index (χ3v) is 6.89. The standard InChI is InChI=1S/C20H15ClF2N2O3S2/c1-29-25-20(26)12-2-9-18(24-11-12)19(16-10-14(22)5-8-17(16)23)30(27,28)15-6-3-13(21)4-7-15/h2-11,19H,1H3,(H,25,26). The van der Waals surface area contributed by atoms with Crippen molar-refractivity contribution in [2.75, 3.05) is 6.26 Å². The summed E-state index contributed by atoms with van der Waals surface area (Å²) in [6.07, 6.45) is 2.85. The summed E-state index contributed by atoms with van der Waals surface area (Å²) in [7, 11) is -4.24. The van der Waals surface area contributed by atoms with E-state index in [9.17, 15) is 22.0 Å². The summed E-state index contributed by atoms with van der Waals surface area (Å²) >= 11 is 6.93. The number of hydrogen-bond donors (Lipinski definition) is 1. The maximum atomic E-state index is 14.6. The molecule has 156 valence electrons. The van der Waals surface area contributed by atoms with Crippen LogP contribution in [0.3, 0.4) is 0 Å². The third kappa shape index (κ3) is 4.63. The lowest BCUT2D eigenvalue weighted by Gasteiger charge is -2.19. The van der Waals surface area contributed by atoms with Gasteiger partial charge in [0.05, 0.1) is 16.2 Å². The maximum absolute atomic E-state index is 14.6. The van der Waals surface area contributed by atoms with Crippen molar-refractivity contribution in [2.24, 2.45) is 0 Å². The zero-order valence-electron chi connectivity index (χ0n) is 15.5. The molecule has 5 nitrogen and oxygen atoms in total. The van der Waals surface area contributed by atoms with Crippen molar-refractivity contribution in [1.29, 1.82) is 0 Å². The predicted molar refractivity (Wildman–Crippen MR) is 112 cm³/mol. The van der Waals surface area contributed by atoms with Gasteiger partial charge in [0.15, 0.2) is 9.84 Å². The van der Waals surface area contributed by atoms with E-state index in [4.69, 9.17) is 11.6 Å². The van der Waals surface area contributed by atoms with Crippen molar-refractivity contribution in [3.63, 3.8) is 0 Å². The molecule has 2 aromatic carbocycles. The van der Waals surface area contributed by atoms with Gasteiger partial charge in [0, 0.05) is 23.0 Å². The lowest BCUT2D eigenvalue weighted by molar-refractivity contribution is 0.0984. The van der Waals surface area contributed by atoms with E-state index in [1.165, 1.54) is 42.6 Å². The van der Waals surface area contributed by atoms with Crippen molar-refractivity contribution < 1.29 is 22.0 Å². The zero-order chi connectivity index (χ0) is 21.9. The molecule has 3 aromatic rings. The highest BCUT2D eigenvalue weighted by atomic mass is 35.5. The number of hydrogen-bond acceptors (Lipinski definition) is 5. The highest BCUT2D eigenvalue weighted by Crippen LogP contribution is 2.36. The van der Waals surface area contributed by atoms with E-state index in [-0.39, 0.29) is 16.2 Å². The first-order valence-corrected chi connectivity index (χ1v) is 11.6. The van der Waals surface area contributed by atoms with Crippen LogP contribution >= 0.6 is 23.5 Å². The van der Waals surface area contributed by atoms with E-state index in [0.29, 0.717) is 5.02 Å². The van der Waals surface area contributed by atoms with Gasteiger partial charge in [0.2, 0.25) is 0 Å². The van der Waals surface area contributed by atoms with Gasteiger partial charge in [-0.05, 0) is 54.6 Å². The van der Waals surface area contributed by atoms with E-state index in [2.05, 4.69) is 9.71 Å². The van der Waals surface area contributed by atoms with E-state index in [1.807, 2.05) is 0 Å². The fourth-order valence-corrected chi connectivity index (χ4v) is 5.00. The molecule has 1 unspecified atom stereocenters. The van der Waals surface area contributed by atoms with Crippen LogP contribution in [-0.2, 0) is 9.84 Å². The van der Waals surface area contributed by atoms with Crippen molar-refractivity contribution in [3.8, 4) is 0 Å². The van der Waals surface area contributed by atoms with Crippen LogP contribution in [0.5, 0.6) is 0 Å². The first kappa shape index (κ1) is 22.2. The van der Waals surface area contributed by atoms with Crippen LogP contribution < -0.4 is 4.72 Å². The molecule has 0 saturated carbocycles. The smallest absolute Gasteiger partial charge is 0.262 e. The number of aromatic nitrogens is 1. The van der Waals surface area contributed by atoms with Gasteiger partial charge >= 0.3 is 0 Å². The van der Waals surface area contributed by atoms with Crippen LogP contribution in [0.4, 0.5) is 8.78 Å². The number of rotatable bonds is 6. The Morgan fingerprint density at radius 1 is 1.10 bits per heavy atom. The van der Waals surface area contributed by atoms with Gasteiger partial charge in [-0.25, -0.2) is 17.2 Å². The SMILES string of the molecule is CSNC(=O)c1ccc(C(c2cc(F)ccc2F)S(=O)(=O)c2ccc(Cl)cc2)nc1. The summed E-state index contributed by atoms with van der Waals surface area (Å²) in [5.74, 6) is -2.11. The predicted octanol–water partition coefficient (Wildman–Crippen LogP) is 4.58. The summed E-state index contributed by atoms with van der Waals surface area (Å²) in [5.41, 5.74) is -0.260. The molecule has 0 aliphatic rings. The number of sulfone groups is 1. The average molecular weight is 469 g/mol. The van der Waals surface area contributed by atoms with Crippen LogP contribution in [0.2, 0.25) is 5.02 Å². The molecule has 0 aliphatic carbocycles. The van der Waals surface area contributed by atoms with Crippen LogP contribution in [-0.4, -0.2) is 25.6 Å². The Morgan fingerprint density at radius 2 is 1.80 bits per heavy atom. The Hall–Kier alpha value is -2.49. The molecular weight excluding hydrogens is 454 g/mol. The minimum Gasteiger partial charge on any atom is -0.296 e. The second-order valence-electron chi connectivity index (χ2n) is 6.15. The third-order valence-electron chi connectivity index (χ3n) is 4.20. The average Bonchev–Trinajstić information content (AvgIpc) is 2.71. The second-order valence-corrected chi connectivity index (χ2v) is 9.23. The van der Waals surface area contributed by atoms with Crippen molar-refractivity contribution >= 4 is 39.3 Å². The quantitative estimate of drug-likeness (QED) is 0.536. The maximum Gasteiger partial charge on any atom is 0.262 e. The monoisotopic (exact) mass is 468 g/mol. The highest BCUT2D eigenvalue weighted by Gasteiger charge is 2.34. The first-order valence-electron chi connectivity index (χ1n) is 8.47. The number of halogens is 3. The Balaban J connectivity index is 2.17. The Kier molecular flexibility index (Phi) is 6.74. The lowest BCUT2D eigenvalue weighted by Crippen LogP contribution is -2.19. The highest BCUT2D eigenvalue weighted by molar-refractivity contribution is 7.97. The van der Waals surface area contributed by atoms with Crippen molar-refractivity contribution in [1.82, 2.24) is 9.71 Å². The number of nitrogens with zero attached hydrogens (tertiary/aromatic N) is 1. The number of nitrogens with one attached hydrogen (secondary N) is 1. The number of amides is 1. The molecule has 0 fully saturated rings. The molecule has 0 saturated heterocycles. The molecule has 10 heteroatoms. The van der Waals surface area contributed by atoms with Gasteiger partial charge < -0.3 is 0 Å². The minimum absolute atomic E-state index is 0.0600. The normalized spacial score (nSPS) is 12.4. The molecule has 1 aromatic heterocycles. The van der Waals surface area contributed by atoms with Crippen LogP contribution in [0, 0.1) is 11.6 Å². The number of pyridine rings is 1. The zero-order valence-corrected chi connectivity index (χ0v) is 17.9. The largest absolute Gasteiger partial charge is 0.296 e. The van der Waals surface area contributed by atoms with Gasteiger partial charge in [-0.2, -0.15) is 0 Å². The molecule has 1 atom stereocenters. The minimum atomic E-state index is -4.24. The first-order chi connectivity index (χ1) is 14.2. The van der Waals surface area contributed by atoms with Gasteiger partial charge in [0.1, 0.15) is 16.9 Å². The number of benzene rings is 2.